The number of carbonyl (C=O) groups excluding carboxylic acids is 1. The van der Waals surface area contributed by atoms with Gasteiger partial charge in [0.05, 0.1) is 39.2 Å². The summed E-state index contributed by atoms with van der Waals surface area (Å²) >= 11 is 13.0. The zero-order valence-corrected chi connectivity index (χ0v) is 24.4. The molecule has 2 aromatic heterocycles. The summed E-state index contributed by atoms with van der Waals surface area (Å²) < 4.78 is 32.9. The van der Waals surface area contributed by atoms with Gasteiger partial charge >= 0.3 is 11.7 Å². The van der Waals surface area contributed by atoms with E-state index in [0.29, 0.717) is 12.1 Å². The molecule has 12 nitrogen and oxygen atoms in total. The number of carbonyl (C=O) groups is 1. The third-order valence-electron chi connectivity index (χ3n) is 6.25. The first-order valence-corrected chi connectivity index (χ1v) is 15.4. The molecular weight excluding hydrogens is 615 g/mol. The smallest absolute Gasteiger partial charge is 0.333 e. The van der Waals surface area contributed by atoms with E-state index in [-0.39, 0.29) is 30.3 Å². The van der Waals surface area contributed by atoms with E-state index in [2.05, 4.69) is 20.5 Å². The molecule has 216 valence electrons. The zero-order valence-electron chi connectivity index (χ0n) is 21.3. The van der Waals surface area contributed by atoms with Crippen LogP contribution in [0.1, 0.15) is 0 Å². The number of halogens is 2. The van der Waals surface area contributed by atoms with Crippen LogP contribution in [-0.4, -0.2) is 68.3 Å². The molecule has 0 atom stereocenters. The summed E-state index contributed by atoms with van der Waals surface area (Å²) in [5, 5.41) is 5.93. The minimum atomic E-state index is -4.13. The van der Waals surface area contributed by atoms with Gasteiger partial charge in [-0.15, -0.1) is 11.3 Å². The highest BCUT2D eigenvalue weighted by Gasteiger charge is 2.20. The third kappa shape index (κ3) is 6.74. The topological polar surface area (TPSA) is 155 Å². The van der Waals surface area contributed by atoms with Crippen LogP contribution in [0.25, 0.3) is 16.6 Å². The van der Waals surface area contributed by atoms with E-state index in [9.17, 15) is 22.8 Å². The van der Waals surface area contributed by atoms with Gasteiger partial charge in [0.1, 0.15) is 4.21 Å². The summed E-state index contributed by atoms with van der Waals surface area (Å²) in [4.78, 5) is 43.5. The molecule has 2 aromatic carbocycles. The molecule has 0 bridgehead atoms. The molecule has 0 spiro atoms. The van der Waals surface area contributed by atoms with Crippen LogP contribution < -0.4 is 26.6 Å². The highest BCUT2D eigenvalue weighted by molar-refractivity contribution is 7.92. The lowest BCUT2D eigenvalue weighted by atomic mass is 10.2. The van der Waals surface area contributed by atoms with E-state index in [1.807, 2.05) is 4.72 Å². The summed E-state index contributed by atoms with van der Waals surface area (Å²) in [6, 6.07) is 10.8. The lowest BCUT2D eigenvalue weighted by Crippen LogP contribution is -2.39. The molecule has 16 heteroatoms. The van der Waals surface area contributed by atoms with Crippen molar-refractivity contribution in [2.75, 3.05) is 50.0 Å². The highest BCUT2D eigenvalue weighted by Crippen LogP contribution is 2.26. The number of ether oxygens (including phenoxy) is 1. The van der Waals surface area contributed by atoms with Gasteiger partial charge in [-0.2, -0.15) is 0 Å². The second kappa shape index (κ2) is 12.2. The highest BCUT2D eigenvalue weighted by atomic mass is 35.5. The van der Waals surface area contributed by atoms with Crippen molar-refractivity contribution in [3.8, 4) is 5.69 Å². The van der Waals surface area contributed by atoms with Crippen LogP contribution in [0.15, 0.2) is 62.3 Å². The Morgan fingerprint density at radius 1 is 1.02 bits per heavy atom. The number of urea groups is 1. The summed E-state index contributed by atoms with van der Waals surface area (Å²) in [5.74, 6) is 0. The Labute approximate surface area is 247 Å². The number of benzene rings is 2. The number of morpholine rings is 1. The molecule has 0 saturated carbocycles. The molecule has 0 radical (unpaired) electrons. The average Bonchev–Trinajstić information content (AvgIpc) is 3.37. The molecule has 0 aliphatic carbocycles. The number of rotatable bonds is 8. The molecule has 1 aliphatic rings. The Balaban J connectivity index is 1.31. The van der Waals surface area contributed by atoms with Gasteiger partial charge in [0, 0.05) is 37.6 Å². The lowest BCUT2D eigenvalue weighted by Gasteiger charge is -2.26. The number of aromatic amines is 1. The van der Waals surface area contributed by atoms with Gasteiger partial charge in [0.25, 0.3) is 15.6 Å². The SMILES string of the molecule is O=C(Nc1ccc(-n2c(=O)[nH]c3cc(NCCN4CCOCC4)ccc3c2=O)c(Cl)c1)NS(=O)(=O)c1ccc(Cl)s1. The maximum absolute atomic E-state index is 13.3. The van der Waals surface area contributed by atoms with Gasteiger partial charge in [-0.3, -0.25) is 9.69 Å². The monoisotopic (exact) mass is 638 g/mol. The van der Waals surface area contributed by atoms with Crippen LogP contribution in [0, 0.1) is 0 Å². The van der Waals surface area contributed by atoms with E-state index in [0.717, 1.165) is 54.4 Å². The minimum absolute atomic E-state index is 0.0240. The van der Waals surface area contributed by atoms with Gasteiger partial charge in [0.2, 0.25) is 0 Å². The third-order valence-corrected chi connectivity index (χ3v) is 9.60. The van der Waals surface area contributed by atoms with E-state index < -0.39 is 27.3 Å². The molecular formula is C25H24Cl2N6O6S2. The van der Waals surface area contributed by atoms with Crippen molar-refractivity contribution in [1.29, 1.82) is 0 Å². The number of nitrogens with zero attached hydrogens (tertiary/aromatic N) is 2. The van der Waals surface area contributed by atoms with Gasteiger partial charge < -0.3 is 20.4 Å². The number of H-pyrrole nitrogens is 1. The maximum atomic E-state index is 13.3. The standard InChI is InChI=1S/C25H24Cl2N6O6S2/c26-18-13-16(29-24(35)31-41(37,38)22-6-5-21(27)40-22)2-4-20(18)33-23(34)17-3-1-15(14-19(17)30-25(33)36)28-7-8-32-9-11-39-12-10-32/h1-6,13-14,28H,7-12H2,(H,30,36)(H2,29,31,35). The fourth-order valence-corrected chi connectivity index (χ4v) is 6.92. The van der Waals surface area contributed by atoms with E-state index in [4.69, 9.17) is 27.9 Å². The summed E-state index contributed by atoms with van der Waals surface area (Å²) in [5.41, 5.74) is 0.0631. The number of thiophene rings is 1. The second-order valence-corrected chi connectivity index (χ2v) is 13.0. The predicted octanol–water partition coefficient (Wildman–Crippen LogP) is 3.30. The molecule has 3 heterocycles. The van der Waals surface area contributed by atoms with Crippen LogP contribution in [0.3, 0.4) is 0 Å². The molecule has 1 saturated heterocycles. The van der Waals surface area contributed by atoms with Gasteiger partial charge in [-0.05, 0) is 48.5 Å². The first kappa shape index (κ1) is 29.1. The molecule has 1 aliphatic heterocycles. The Bertz CT molecular complexity index is 1830. The Morgan fingerprint density at radius 2 is 1.78 bits per heavy atom. The molecule has 2 amide bonds. The van der Waals surface area contributed by atoms with Crippen LogP contribution in [0.2, 0.25) is 9.36 Å². The lowest BCUT2D eigenvalue weighted by molar-refractivity contribution is 0.0398. The Morgan fingerprint density at radius 3 is 2.49 bits per heavy atom. The number of hydrogen-bond donors (Lipinski definition) is 4. The second-order valence-electron chi connectivity index (χ2n) is 9.00. The van der Waals surface area contributed by atoms with Crippen molar-refractivity contribution >= 4 is 72.9 Å². The number of anilines is 2. The number of amides is 2. The predicted molar refractivity (Wildman–Crippen MR) is 160 cm³/mol. The maximum Gasteiger partial charge on any atom is 0.333 e. The quantitative estimate of drug-likeness (QED) is 0.229. The number of sulfonamides is 1. The first-order valence-electron chi connectivity index (χ1n) is 12.3. The summed E-state index contributed by atoms with van der Waals surface area (Å²) in [6.45, 7) is 4.73. The fraction of sp³-hybridized carbons (Fsp3) is 0.240. The van der Waals surface area contributed by atoms with E-state index in [1.54, 1.807) is 18.2 Å². The van der Waals surface area contributed by atoms with Gasteiger partial charge in [-0.25, -0.2) is 27.3 Å². The van der Waals surface area contributed by atoms with Crippen LogP contribution >= 0.6 is 34.5 Å². The summed E-state index contributed by atoms with van der Waals surface area (Å²) in [6.07, 6.45) is 0. The van der Waals surface area contributed by atoms with Crippen molar-refractivity contribution in [1.82, 2.24) is 19.2 Å². The molecule has 41 heavy (non-hydrogen) atoms. The van der Waals surface area contributed by atoms with Crippen molar-refractivity contribution in [3.63, 3.8) is 0 Å². The van der Waals surface area contributed by atoms with Crippen molar-refractivity contribution in [2.24, 2.45) is 0 Å². The van der Waals surface area contributed by atoms with Gasteiger partial charge in [0.15, 0.2) is 0 Å². The number of hydrogen-bond acceptors (Lipinski definition) is 9. The van der Waals surface area contributed by atoms with Crippen molar-refractivity contribution < 1.29 is 17.9 Å². The van der Waals surface area contributed by atoms with E-state index >= 15 is 0 Å². The Kier molecular flexibility index (Phi) is 8.68. The number of fused-ring (bicyclic) bond motifs is 1. The molecule has 1 fully saturated rings. The molecule has 0 unspecified atom stereocenters. The molecule has 4 aromatic rings. The molecule has 5 rings (SSSR count). The van der Waals surface area contributed by atoms with Crippen LogP contribution in [0.5, 0.6) is 0 Å². The average molecular weight is 640 g/mol. The fourth-order valence-electron chi connectivity index (χ4n) is 4.27. The zero-order chi connectivity index (χ0) is 29.1. The van der Waals surface area contributed by atoms with Crippen molar-refractivity contribution in [2.45, 2.75) is 4.21 Å². The Hall–Kier alpha value is -3.40. The minimum Gasteiger partial charge on any atom is -0.384 e. The number of nitrogens with one attached hydrogen (secondary N) is 4. The molecule has 4 N–H and O–H groups in total. The first-order chi connectivity index (χ1) is 19.6. The van der Waals surface area contributed by atoms with Crippen molar-refractivity contribution in [3.05, 3.63) is 78.7 Å². The van der Waals surface area contributed by atoms with E-state index in [1.165, 1.54) is 30.3 Å². The largest absolute Gasteiger partial charge is 0.384 e. The van der Waals surface area contributed by atoms with Crippen LogP contribution in [-0.2, 0) is 14.8 Å². The normalized spacial score (nSPS) is 14.2. The number of aromatic nitrogens is 2. The van der Waals surface area contributed by atoms with Gasteiger partial charge in [-0.1, -0.05) is 23.2 Å². The summed E-state index contributed by atoms with van der Waals surface area (Å²) in [7, 11) is -4.13. The van der Waals surface area contributed by atoms with Crippen LogP contribution in [0.4, 0.5) is 16.2 Å².